The second-order valence-electron chi connectivity index (χ2n) is 6.17. The number of carbonyl (C=O) groups is 3. The summed E-state index contributed by atoms with van der Waals surface area (Å²) in [5.74, 6) is -2.08. The fourth-order valence-corrected chi connectivity index (χ4v) is 2.77. The normalized spacial score (nSPS) is 10.3. The summed E-state index contributed by atoms with van der Waals surface area (Å²) in [4.78, 5) is 38.6. The van der Waals surface area contributed by atoms with Gasteiger partial charge in [-0.15, -0.1) is 0 Å². The largest absolute Gasteiger partial charge is 0.459 e. The molecule has 0 bridgehead atoms. The lowest BCUT2D eigenvalue weighted by atomic mass is 10.1. The average molecular weight is 410 g/mol. The minimum Gasteiger partial charge on any atom is -0.459 e. The van der Waals surface area contributed by atoms with E-state index in [2.05, 4.69) is 5.32 Å². The molecule has 154 valence electrons. The number of carbonyl (C=O) groups excluding carboxylic acids is 3. The highest BCUT2D eigenvalue weighted by atomic mass is 19.1. The Labute approximate surface area is 172 Å². The van der Waals surface area contributed by atoms with Crippen molar-refractivity contribution >= 4 is 29.2 Å². The first-order chi connectivity index (χ1) is 14.5. The number of nitrogens with one attached hydrogen (secondary N) is 1. The van der Waals surface area contributed by atoms with Gasteiger partial charge in [0.2, 0.25) is 0 Å². The molecule has 0 saturated carbocycles. The summed E-state index contributed by atoms with van der Waals surface area (Å²) < 4.78 is 23.3. The fourth-order valence-electron chi connectivity index (χ4n) is 2.77. The Kier molecular flexibility index (Phi) is 6.59. The number of esters is 1. The number of ether oxygens (including phenoxy) is 1. The van der Waals surface area contributed by atoms with Gasteiger partial charge >= 0.3 is 5.97 Å². The maximum atomic E-state index is 13.1. The van der Waals surface area contributed by atoms with Crippen molar-refractivity contribution < 1.29 is 27.9 Å². The van der Waals surface area contributed by atoms with Gasteiger partial charge in [0.05, 0.1) is 17.5 Å². The molecule has 2 amide bonds. The third-order valence-electron chi connectivity index (χ3n) is 4.22. The van der Waals surface area contributed by atoms with E-state index in [0.717, 1.165) is 0 Å². The molecule has 1 heterocycles. The topological polar surface area (TPSA) is 88.9 Å². The van der Waals surface area contributed by atoms with E-state index in [-0.39, 0.29) is 17.0 Å². The minimum absolute atomic E-state index is 0.0891. The van der Waals surface area contributed by atoms with Gasteiger partial charge < -0.3 is 19.4 Å². The van der Waals surface area contributed by atoms with Crippen LogP contribution in [0.2, 0.25) is 0 Å². The zero-order valence-corrected chi connectivity index (χ0v) is 16.1. The molecule has 0 saturated heterocycles. The molecule has 3 aromatic rings. The van der Waals surface area contributed by atoms with Gasteiger partial charge in [-0.3, -0.25) is 9.59 Å². The van der Waals surface area contributed by atoms with Gasteiger partial charge in [-0.2, -0.15) is 0 Å². The van der Waals surface area contributed by atoms with Gasteiger partial charge in [-0.1, -0.05) is 12.1 Å². The van der Waals surface area contributed by atoms with Gasteiger partial charge in [0.1, 0.15) is 5.82 Å². The molecule has 0 fully saturated rings. The van der Waals surface area contributed by atoms with E-state index in [4.69, 9.17) is 9.15 Å². The number of benzene rings is 2. The Hall–Kier alpha value is -3.94. The molecule has 0 atom stereocenters. The summed E-state index contributed by atoms with van der Waals surface area (Å²) in [7, 11) is 0. The van der Waals surface area contributed by atoms with Crippen LogP contribution in [0.3, 0.4) is 0 Å². The molecule has 0 aliphatic rings. The Morgan fingerprint density at radius 2 is 1.77 bits per heavy atom. The van der Waals surface area contributed by atoms with Crippen molar-refractivity contribution in [2.75, 3.05) is 23.4 Å². The monoisotopic (exact) mass is 410 g/mol. The van der Waals surface area contributed by atoms with Gasteiger partial charge in [0.25, 0.3) is 11.8 Å². The minimum atomic E-state index is -0.770. The summed E-state index contributed by atoms with van der Waals surface area (Å²) in [6, 6.07) is 14.8. The van der Waals surface area contributed by atoms with Crippen molar-refractivity contribution in [1.29, 1.82) is 0 Å². The van der Waals surface area contributed by atoms with Crippen LogP contribution in [0.25, 0.3) is 0 Å². The number of hydrogen-bond acceptors (Lipinski definition) is 5. The summed E-state index contributed by atoms with van der Waals surface area (Å²) in [6.07, 6.45) is 1.36. The summed E-state index contributed by atoms with van der Waals surface area (Å²) in [5, 5.41) is 2.58. The van der Waals surface area contributed by atoms with E-state index in [0.29, 0.717) is 12.2 Å². The van der Waals surface area contributed by atoms with Crippen LogP contribution in [-0.2, 0) is 9.53 Å². The lowest BCUT2D eigenvalue weighted by Gasteiger charge is -2.21. The summed E-state index contributed by atoms with van der Waals surface area (Å²) >= 11 is 0. The molecule has 0 spiro atoms. The highest BCUT2D eigenvalue weighted by molar-refractivity contribution is 6.07. The number of anilines is 2. The van der Waals surface area contributed by atoms with Gasteiger partial charge in [-0.25, -0.2) is 9.18 Å². The molecule has 1 N–H and O–H groups in total. The molecule has 0 unspecified atom stereocenters. The van der Waals surface area contributed by atoms with E-state index >= 15 is 0 Å². The van der Waals surface area contributed by atoms with Crippen LogP contribution in [0.15, 0.2) is 71.3 Å². The van der Waals surface area contributed by atoms with Crippen molar-refractivity contribution in [2.45, 2.75) is 6.92 Å². The Morgan fingerprint density at radius 3 is 2.43 bits per heavy atom. The second-order valence-corrected chi connectivity index (χ2v) is 6.17. The number of likely N-dealkylation sites (N-methyl/N-ethyl adjacent to an activating group) is 1. The van der Waals surface area contributed by atoms with Crippen LogP contribution in [0, 0.1) is 5.82 Å². The quantitative estimate of drug-likeness (QED) is 0.597. The number of rotatable bonds is 7. The summed E-state index contributed by atoms with van der Waals surface area (Å²) in [5.41, 5.74) is 0.809. The Bertz CT molecular complexity index is 1030. The molecular formula is C22H19FN2O5. The molecule has 7 nitrogen and oxygen atoms in total. The van der Waals surface area contributed by atoms with Gasteiger partial charge in [0, 0.05) is 12.2 Å². The van der Waals surface area contributed by atoms with Gasteiger partial charge in [0.15, 0.2) is 12.4 Å². The number of amides is 2. The summed E-state index contributed by atoms with van der Waals surface area (Å²) in [6.45, 7) is 1.56. The van der Waals surface area contributed by atoms with Crippen LogP contribution < -0.4 is 10.2 Å². The second kappa shape index (κ2) is 9.51. The SMILES string of the molecule is CCN(C(=O)COC(=O)c1ccccc1NC(=O)c1ccco1)c1ccc(F)cc1. The van der Waals surface area contributed by atoms with E-state index < -0.39 is 30.2 Å². The molecule has 0 aliphatic carbocycles. The Morgan fingerprint density at radius 1 is 1.03 bits per heavy atom. The lowest BCUT2D eigenvalue weighted by Crippen LogP contribution is -2.34. The van der Waals surface area contributed by atoms with E-state index in [1.807, 2.05) is 0 Å². The fraction of sp³-hybridized carbons (Fsp3) is 0.136. The Balaban J connectivity index is 1.66. The maximum Gasteiger partial charge on any atom is 0.340 e. The zero-order chi connectivity index (χ0) is 21.5. The average Bonchev–Trinajstić information content (AvgIpc) is 3.29. The predicted octanol–water partition coefficient (Wildman–Crippen LogP) is 3.88. The first-order valence-electron chi connectivity index (χ1n) is 9.16. The number of furan rings is 1. The van der Waals surface area contributed by atoms with Crippen molar-refractivity contribution in [2.24, 2.45) is 0 Å². The third kappa shape index (κ3) is 4.91. The van der Waals surface area contributed by atoms with E-state index in [1.165, 1.54) is 53.6 Å². The predicted molar refractivity (Wildman–Crippen MR) is 108 cm³/mol. The molecule has 3 rings (SSSR count). The molecule has 2 aromatic carbocycles. The number of halogens is 1. The first kappa shape index (κ1) is 20.8. The van der Waals surface area contributed by atoms with E-state index in [9.17, 15) is 18.8 Å². The van der Waals surface area contributed by atoms with Crippen molar-refractivity contribution in [1.82, 2.24) is 0 Å². The number of hydrogen-bond donors (Lipinski definition) is 1. The first-order valence-corrected chi connectivity index (χ1v) is 9.16. The zero-order valence-electron chi connectivity index (χ0n) is 16.1. The van der Waals surface area contributed by atoms with Crippen molar-refractivity contribution in [3.05, 3.63) is 84.1 Å². The van der Waals surface area contributed by atoms with Crippen molar-refractivity contribution in [3.63, 3.8) is 0 Å². The van der Waals surface area contributed by atoms with Crippen molar-refractivity contribution in [3.8, 4) is 0 Å². The van der Waals surface area contributed by atoms with Gasteiger partial charge in [-0.05, 0) is 55.5 Å². The smallest absolute Gasteiger partial charge is 0.340 e. The molecule has 0 aliphatic heterocycles. The van der Waals surface area contributed by atoms with Crippen LogP contribution in [0.5, 0.6) is 0 Å². The molecule has 8 heteroatoms. The van der Waals surface area contributed by atoms with Crippen LogP contribution in [0.1, 0.15) is 27.8 Å². The number of nitrogens with zero attached hydrogens (tertiary/aromatic N) is 1. The number of para-hydroxylation sites is 1. The molecule has 0 radical (unpaired) electrons. The molecular weight excluding hydrogens is 391 g/mol. The van der Waals surface area contributed by atoms with E-state index in [1.54, 1.807) is 25.1 Å². The maximum absolute atomic E-state index is 13.1. The van der Waals surface area contributed by atoms with Crippen LogP contribution >= 0.6 is 0 Å². The molecule has 1 aromatic heterocycles. The molecule has 30 heavy (non-hydrogen) atoms. The van der Waals surface area contributed by atoms with Crippen LogP contribution in [-0.4, -0.2) is 30.9 Å². The van der Waals surface area contributed by atoms with Crippen LogP contribution in [0.4, 0.5) is 15.8 Å². The lowest BCUT2D eigenvalue weighted by molar-refractivity contribution is -0.121. The highest BCUT2D eigenvalue weighted by Gasteiger charge is 2.20. The third-order valence-corrected chi connectivity index (χ3v) is 4.22. The standard InChI is InChI=1S/C22H19FN2O5/c1-2-25(16-11-9-15(23)10-12-16)20(26)14-30-22(28)17-6-3-4-7-18(17)24-21(27)19-8-5-13-29-19/h3-13H,2,14H2,1H3,(H,24,27). The highest BCUT2D eigenvalue weighted by Crippen LogP contribution is 2.19.